The van der Waals surface area contributed by atoms with Gasteiger partial charge in [0.2, 0.25) is 15.9 Å². The standard InChI is InChI=1S/C14H21ClN2O3S/c1-9(14(2,3)4)7-13(18)17-10-5-6-12(11(15)8-10)21(16,19)20/h5-6,8-9H,7H2,1-4H3,(H,17,18)(H2,16,19,20). The van der Waals surface area contributed by atoms with E-state index in [1.165, 1.54) is 18.2 Å². The lowest BCUT2D eigenvalue weighted by Gasteiger charge is -2.26. The van der Waals surface area contributed by atoms with Gasteiger partial charge in [-0.2, -0.15) is 0 Å². The minimum atomic E-state index is -3.86. The monoisotopic (exact) mass is 332 g/mol. The molecule has 0 saturated carbocycles. The normalized spacial score (nSPS) is 13.8. The molecule has 118 valence electrons. The largest absolute Gasteiger partial charge is 0.326 e. The van der Waals surface area contributed by atoms with Crippen LogP contribution in [0.1, 0.15) is 34.1 Å². The van der Waals surface area contributed by atoms with E-state index in [4.69, 9.17) is 16.7 Å². The van der Waals surface area contributed by atoms with E-state index in [2.05, 4.69) is 26.1 Å². The lowest BCUT2D eigenvalue weighted by atomic mass is 9.80. The fraction of sp³-hybridized carbons (Fsp3) is 0.500. The molecular weight excluding hydrogens is 312 g/mol. The van der Waals surface area contributed by atoms with E-state index < -0.39 is 10.0 Å². The van der Waals surface area contributed by atoms with Crippen molar-refractivity contribution in [2.24, 2.45) is 16.5 Å². The first-order valence-corrected chi connectivity index (χ1v) is 8.46. The molecule has 7 heteroatoms. The number of carbonyl (C=O) groups excluding carboxylic acids is 1. The molecule has 1 atom stereocenters. The number of benzene rings is 1. The van der Waals surface area contributed by atoms with Gasteiger partial charge in [-0.25, -0.2) is 13.6 Å². The number of halogens is 1. The maximum absolute atomic E-state index is 12.0. The molecule has 5 nitrogen and oxygen atoms in total. The second-order valence-electron chi connectivity index (χ2n) is 6.21. The highest BCUT2D eigenvalue weighted by atomic mass is 35.5. The van der Waals surface area contributed by atoms with Crippen molar-refractivity contribution in [3.8, 4) is 0 Å². The first-order chi connectivity index (χ1) is 9.41. The van der Waals surface area contributed by atoms with Gasteiger partial charge in [0.05, 0.1) is 5.02 Å². The van der Waals surface area contributed by atoms with Gasteiger partial charge in [-0.15, -0.1) is 0 Å². The predicted molar refractivity (Wildman–Crippen MR) is 84.7 cm³/mol. The summed E-state index contributed by atoms with van der Waals surface area (Å²) in [6, 6.07) is 4.12. The number of rotatable bonds is 4. The van der Waals surface area contributed by atoms with Crippen LogP contribution in [-0.2, 0) is 14.8 Å². The van der Waals surface area contributed by atoms with Gasteiger partial charge in [0.25, 0.3) is 0 Å². The van der Waals surface area contributed by atoms with Crippen molar-refractivity contribution in [3.05, 3.63) is 23.2 Å². The maximum Gasteiger partial charge on any atom is 0.239 e. The SMILES string of the molecule is CC(CC(=O)Nc1ccc(S(N)(=O)=O)c(Cl)c1)C(C)(C)C. The summed E-state index contributed by atoms with van der Waals surface area (Å²) in [5, 5.41) is 7.71. The van der Waals surface area contributed by atoms with Gasteiger partial charge in [-0.05, 0) is 29.5 Å². The van der Waals surface area contributed by atoms with Crippen LogP contribution in [0, 0.1) is 11.3 Å². The van der Waals surface area contributed by atoms with Gasteiger partial charge in [0, 0.05) is 12.1 Å². The van der Waals surface area contributed by atoms with Crippen LogP contribution in [0.25, 0.3) is 0 Å². The van der Waals surface area contributed by atoms with E-state index in [9.17, 15) is 13.2 Å². The number of hydrogen-bond acceptors (Lipinski definition) is 3. The molecule has 0 fully saturated rings. The Hall–Kier alpha value is -1.11. The van der Waals surface area contributed by atoms with Gasteiger partial charge in [0.1, 0.15) is 4.90 Å². The Bertz CT molecular complexity index is 636. The molecule has 0 aromatic heterocycles. The number of primary sulfonamides is 1. The third kappa shape index (κ3) is 5.30. The summed E-state index contributed by atoms with van der Waals surface area (Å²) in [7, 11) is -3.86. The third-order valence-corrected chi connectivity index (χ3v) is 4.89. The number of amides is 1. The van der Waals surface area contributed by atoms with Crippen LogP contribution in [-0.4, -0.2) is 14.3 Å². The Kier molecular flexibility index (Phi) is 5.41. The zero-order valence-electron chi connectivity index (χ0n) is 12.6. The number of carbonyl (C=O) groups is 1. The van der Waals surface area contributed by atoms with Gasteiger partial charge >= 0.3 is 0 Å². The molecule has 0 aliphatic rings. The molecule has 0 bridgehead atoms. The van der Waals surface area contributed by atoms with E-state index in [1.54, 1.807) is 0 Å². The second kappa shape index (κ2) is 6.34. The minimum absolute atomic E-state index is 0.0147. The Morgan fingerprint density at radius 3 is 2.38 bits per heavy atom. The van der Waals surface area contributed by atoms with Crippen molar-refractivity contribution in [3.63, 3.8) is 0 Å². The van der Waals surface area contributed by atoms with Crippen molar-refractivity contribution >= 4 is 33.2 Å². The van der Waals surface area contributed by atoms with Crippen LogP contribution in [0.2, 0.25) is 5.02 Å². The van der Waals surface area contributed by atoms with Crippen molar-refractivity contribution in [1.29, 1.82) is 0 Å². The van der Waals surface area contributed by atoms with Gasteiger partial charge in [-0.3, -0.25) is 4.79 Å². The molecular formula is C14H21ClN2O3S. The highest BCUT2D eigenvalue weighted by Gasteiger charge is 2.22. The molecule has 0 aliphatic heterocycles. The van der Waals surface area contributed by atoms with Crippen LogP contribution in [0.5, 0.6) is 0 Å². The molecule has 0 radical (unpaired) electrons. The zero-order chi connectivity index (χ0) is 16.4. The highest BCUT2D eigenvalue weighted by Crippen LogP contribution is 2.29. The molecule has 0 aliphatic carbocycles. The van der Waals surface area contributed by atoms with Gasteiger partial charge in [0.15, 0.2) is 0 Å². The number of nitrogens with two attached hydrogens (primary N) is 1. The fourth-order valence-corrected chi connectivity index (χ4v) is 2.70. The third-order valence-electron chi connectivity index (χ3n) is 3.49. The van der Waals surface area contributed by atoms with Crippen molar-refractivity contribution in [2.45, 2.75) is 39.0 Å². The van der Waals surface area contributed by atoms with Crippen LogP contribution >= 0.6 is 11.6 Å². The Balaban J connectivity index is 2.81. The summed E-state index contributed by atoms with van der Waals surface area (Å²) in [4.78, 5) is 11.8. The summed E-state index contributed by atoms with van der Waals surface area (Å²) in [5.41, 5.74) is 0.477. The second-order valence-corrected chi connectivity index (χ2v) is 8.15. The minimum Gasteiger partial charge on any atom is -0.326 e. The highest BCUT2D eigenvalue weighted by molar-refractivity contribution is 7.89. The Labute approximate surface area is 130 Å². The zero-order valence-corrected chi connectivity index (χ0v) is 14.2. The lowest BCUT2D eigenvalue weighted by molar-refractivity contribution is -0.117. The average molecular weight is 333 g/mol. The maximum atomic E-state index is 12.0. The van der Waals surface area contributed by atoms with E-state index in [-0.39, 0.29) is 27.2 Å². The quantitative estimate of drug-likeness (QED) is 0.888. The van der Waals surface area contributed by atoms with E-state index in [0.29, 0.717) is 12.1 Å². The molecule has 1 aromatic carbocycles. The molecule has 1 aromatic rings. The fourth-order valence-electron chi connectivity index (χ4n) is 1.61. The summed E-state index contributed by atoms with van der Waals surface area (Å²) in [6.07, 6.45) is 0.373. The van der Waals surface area contributed by atoms with Crippen molar-refractivity contribution in [1.82, 2.24) is 0 Å². The topological polar surface area (TPSA) is 89.3 Å². The van der Waals surface area contributed by atoms with Gasteiger partial charge in [-0.1, -0.05) is 39.3 Å². The molecule has 21 heavy (non-hydrogen) atoms. The molecule has 3 N–H and O–H groups in total. The lowest BCUT2D eigenvalue weighted by Crippen LogP contribution is -2.24. The summed E-state index contributed by atoms with van der Waals surface area (Å²) >= 11 is 5.87. The molecule has 1 amide bonds. The van der Waals surface area contributed by atoms with Crippen LogP contribution in [0.3, 0.4) is 0 Å². The molecule has 0 spiro atoms. The summed E-state index contributed by atoms with van der Waals surface area (Å²) < 4.78 is 22.5. The van der Waals surface area contributed by atoms with Crippen molar-refractivity contribution < 1.29 is 13.2 Å². The summed E-state index contributed by atoms with van der Waals surface area (Å²) in [5.74, 6) is 0.0634. The Morgan fingerprint density at radius 1 is 1.38 bits per heavy atom. The van der Waals surface area contributed by atoms with E-state index in [0.717, 1.165) is 0 Å². The molecule has 1 unspecified atom stereocenters. The molecule has 1 rings (SSSR count). The van der Waals surface area contributed by atoms with E-state index in [1.807, 2.05) is 6.92 Å². The first kappa shape index (κ1) is 17.9. The smallest absolute Gasteiger partial charge is 0.239 e. The number of nitrogens with one attached hydrogen (secondary N) is 1. The van der Waals surface area contributed by atoms with E-state index >= 15 is 0 Å². The number of sulfonamides is 1. The number of anilines is 1. The summed E-state index contributed by atoms with van der Waals surface area (Å²) in [6.45, 7) is 8.23. The number of hydrogen-bond donors (Lipinski definition) is 2. The molecule has 0 saturated heterocycles. The predicted octanol–water partition coefficient (Wildman–Crippen LogP) is 3.00. The van der Waals surface area contributed by atoms with Crippen LogP contribution < -0.4 is 10.5 Å². The van der Waals surface area contributed by atoms with Gasteiger partial charge < -0.3 is 5.32 Å². The first-order valence-electron chi connectivity index (χ1n) is 6.53. The van der Waals surface area contributed by atoms with Crippen molar-refractivity contribution in [2.75, 3.05) is 5.32 Å². The van der Waals surface area contributed by atoms with Crippen LogP contribution in [0.15, 0.2) is 23.1 Å². The average Bonchev–Trinajstić information content (AvgIpc) is 2.25. The van der Waals surface area contributed by atoms with Crippen LogP contribution in [0.4, 0.5) is 5.69 Å². The Morgan fingerprint density at radius 2 is 1.95 bits per heavy atom. The molecule has 0 heterocycles.